The number of aromatic nitrogens is 2. The Labute approximate surface area is 166 Å². The number of hydrogen-bond donors (Lipinski definition) is 2. The van der Waals surface area contributed by atoms with Gasteiger partial charge in [-0.1, -0.05) is 6.42 Å². The highest BCUT2D eigenvalue weighted by molar-refractivity contribution is 7.89. The molecule has 0 saturated carbocycles. The zero-order chi connectivity index (χ0) is 20.5. The largest absolute Gasteiger partial charge is 0.444 e. The molecule has 1 aromatic rings. The number of hydrogen-bond acceptors (Lipinski definition) is 6. The Balaban J connectivity index is 1.78. The van der Waals surface area contributed by atoms with Crippen molar-refractivity contribution < 1.29 is 17.9 Å². The molecule has 2 aliphatic rings. The van der Waals surface area contributed by atoms with Gasteiger partial charge in [-0.15, -0.1) is 0 Å². The Hall–Kier alpha value is -1.65. The molecule has 28 heavy (non-hydrogen) atoms. The molecule has 3 rings (SSSR count). The van der Waals surface area contributed by atoms with Gasteiger partial charge in [-0.05, 0) is 40.2 Å². The minimum absolute atomic E-state index is 0.0219. The van der Waals surface area contributed by atoms with Gasteiger partial charge in [0.2, 0.25) is 0 Å². The van der Waals surface area contributed by atoms with Crippen molar-refractivity contribution in [3.8, 4) is 0 Å². The van der Waals surface area contributed by atoms with E-state index in [2.05, 4.69) is 15.6 Å². The van der Waals surface area contributed by atoms with Crippen LogP contribution in [0.4, 0.5) is 4.79 Å². The summed E-state index contributed by atoms with van der Waals surface area (Å²) in [6.45, 7) is 6.88. The van der Waals surface area contributed by atoms with Gasteiger partial charge in [0.25, 0.3) is 10.0 Å². The summed E-state index contributed by atoms with van der Waals surface area (Å²) in [5.74, 6) is -0.0219. The molecule has 1 amide bonds. The molecule has 0 spiro atoms. The summed E-state index contributed by atoms with van der Waals surface area (Å²) in [5.41, 5.74) is -0.610. The number of ether oxygens (including phenoxy) is 1. The lowest BCUT2D eigenvalue weighted by Gasteiger charge is -2.32. The summed E-state index contributed by atoms with van der Waals surface area (Å²) in [6.07, 6.45) is 5.63. The van der Waals surface area contributed by atoms with Gasteiger partial charge in [0.15, 0.2) is 5.03 Å². The van der Waals surface area contributed by atoms with Crippen LogP contribution in [0.25, 0.3) is 0 Å². The molecule has 1 unspecified atom stereocenters. The Morgan fingerprint density at radius 1 is 1.32 bits per heavy atom. The maximum absolute atomic E-state index is 13.0. The number of imidazole rings is 1. The Morgan fingerprint density at radius 3 is 2.64 bits per heavy atom. The van der Waals surface area contributed by atoms with Crippen molar-refractivity contribution in [3.63, 3.8) is 0 Å². The van der Waals surface area contributed by atoms with Gasteiger partial charge in [0.1, 0.15) is 5.60 Å². The fourth-order valence-electron chi connectivity index (χ4n) is 3.91. The van der Waals surface area contributed by atoms with Crippen LogP contribution >= 0.6 is 0 Å². The van der Waals surface area contributed by atoms with Crippen molar-refractivity contribution in [2.24, 2.45) is 13.0 Å². The van der Waals surface area contributed by atoms with Crippen LogP contribution in [0.1, 0.15) is 40.0 Å². The molecule has 2 saturated heterocycles. The second-order valence-electron chi connectivity index (χ2n) is 8.67. The summed E-state index contributed by atoms with van der Waals surface area (Å²) in [5, 5.41) is 6.43. The van der Waals surface area contributed by atoms with E-state index in [1.165, 1.54) is 16.8 Å². The number of carbonyl (C=O) groups excluding carboxylic acids is 1. The molecule has 2 N–H and O–H groups in total. The fourth-order valence-corrected chi connectivity index (χ4v) is 5.38. The first-order valence-corrected chi connectivity index (χ1v) is 11.2. The van der Waals surface area contributed by atoms with Crippen LogP contribution < -0.4 is 10.6 Å². The highest BCUT2D eigenvalue weighted by atomic mass is 32.2. The number of nitrogens with one attached hydrogen (secondary N) is 2. The van der Waals surface area contributed by atoms with Crippen molar-refractivity contribution in [2.45, 2.75) is 62.7 Å². The van der Waals surface area contributed by atoms with E-state index in [1.807, 2.05) is 0 Å². The van der Waals surface area contributed by atoms with Crippen LogP contribution in [0.5, 0.6) is 0 Å². The van der Waals surface area contributed by atoms with Crippen LogP contribution in [0.2, 0.25) is 0 Å². The highest BCUT2D eigenvalue weighted by Crippen LogP contribution is 2.29. The summed E-state index contributed by atoms with van der Waals surface area (Å²) < 4.78 is 34.5. The van der Waals surface area contributed by atoms with E-state index >= 15 is 0 Å². The summed E-state index contributed by atoms with van der Waals surface area (Å²) in [7, 11) is -1.98. The quantitative estimate of drug-likeness (QED) is 0.765. The van der Waals surface area contributed by atoms with E-state index in [0.29, 0.717) is 6.54 Å². The van der Waals surface area contributed by atoms with Crippen LogP contribution in [-0.2, 0) is 21.8 Å². The Kier molecular flexibility index (Phi) is 6.02. The topological polar surface area (TPSA) is 106 Å². The molecule has 0 bridgehead atoms. The van der Waals surface area contributed by atoms with Crippen molar-refractivity contribution in [2.75, 3.05) is 19.6 Å². The van der Waals surface area contributed by atoms with Gasteiger partial charge in [0.05, 0.1) is 12.4 Å². The molecule has 158 valence electrons. The van der Waals surface area contributed by atoms with Crippen molar-refractivity contribution in [3.05, 3.63) is 12.5 Å². The predicted molar refractivity (Wildman–Crippen MR) is 104 cm³/mol. The molecule has 0 aliphatic carbocycles. The molecule has 10 heteroatoms. The lowest BCUT2D eigenvalue weighted by atomic mass is 9.88. The van der Waals surface area contributed by atoms with E-state index < -0.39 is 21.7 Å². The summed E-state index contributed by atoms with van der Waals surface area (Å²) in [4.78, 5) is 16.3. The number of alkyl carbamates (subject to hydrolysis) is 1. The monoisotopic (exact) mass is 413 g/mol. The first-order valence-electron chi connectivity index (χ1n) is 9.77. The molecule has 3 atom stereocenters. The molecule has 9 nitrogen and oxygen atoms in total. The van der Waals surface area contributed by atoms with Gasteiger partial charge in [0, 0.05) is 38.3 Å². The third kappa shape index (κ3) is 4.84. The third-order valence-corrected chi connectivity index (χ3v) is 6.90. The fraction of sp³-hybridized carbons (Fsp3) is 0.778. The van der Waals surface area contributed by atoms with Crippen LogP contribution in [-0.4, -0.2) is 65.7 Å². The van der Waals surface area contributed by atoms with E-state index in [9.17, 15) is 13.2 Å². The third-order valence-electron chi connectivity index (χ3n) is 5.18. The van der Waals surface area contributed by atoms with E-state index in [-0.39, 0.29) is 29.6 Å². The van der Waals surface area contributed by atoms with Crippen LogP contribution in [0.3, 0.4) is 0 Å². The minimum Gasteiger partial charge on any atom is -0.444 e. The molecule has 1 aromatic heterocycles. The minimum atomic E-state index is -3.71. The number of sulfonamides is 1. The molecule has 0 aromatic carbocycles. The first-order chi connectivity index (χ1) is 13.1. The molecule has 2 fully saturated rings. The van der Waals surface area contributed by atoms with Gasteiger partial charge in [-0.2, -0.15) is 4.31 Å². The van der Waals surface area contributed by atoms with Crippen molar-refractivity contribution in [1.29, 1.82) is 0 Å². The van der Waals surface area contributed by atoms with E-state index in [0.717, 1.165) is 25.8 Å². The van der Waals surface area contributed by atoms with Crippen molar-refractivity contribution >= 4 is 16.1 Å². The highest BCUT2D eigenvalue weighted by Gasteiger charge is 2.44. The standard InChI is InChI=1S/C18H31N5O4S/c1-18(2,3)27-17(24)21-15-10-23(9-13(15)14-7-5-6-8-19-14)28(25,26)16-11-22(4)12-20-16/h11-15,19H,5-10H2,1-4H3,(H,21,24)/t13-,14?,15+/m1/s1. The molecule has 2 aliphatic heterocycles. The number of rotatable bonds is 4. The van der Waals surface area contributed by atoms with Crippen LogP contribution in [0.15, 0.2) is 17.6 Å². The maximum atomic E-state index is 13.0. The number of aryl methyl sites for hydroxylation is 1. The van der Waals surface area contributed by atoms with Gasteiger partial charge in [-0.3, -0.25) is 0 Å². The summed E-state index contributed by atoms with van der Waals surface area (Å²) in [6, 6.07) is -0.151. The maximum Gasteiger partial charge on any atom is 0.407 e. The van der Waals surface area contributed by atoms with Gasteiger partial charge < -0.3 is 19.9 Å². The second kappa shape index (κ2) is 8.00. The average Bonchev–Trinajstić information content (AvgIpc) is 3.21. The van der Waals surface area contributed by atoms with Gasteiger partial charge >= 0.3 is 6.09 Å². The number of nitrogens with zero attached hydrogens (tertiary/aromatic N) is 3. The number of carbonyl (C=O) groups is 1. The SMILES string of the molecule is Cn1cnc(S(=O)(=O)N2C[C@H](NC(=O)OC(C)(C)C)[C@@H](C3CCCCN3)C2)c1. The normalized spacial score (nSPS) is 26.9. The zero-order valence-corrected chi connectivity index (χ0v) is 17.8. The molecular formula is C18H31N5O4S. The Bertz CT molecular complexity index is 795. The van der Waals surface area contributed by atoms with E-state index in [4.69, 9.17) is 4.74 Å². The van der Waals surface area contributed by atoms with Gasteiger partial charge in [-0.25, -0.2) is 18.2 Å². The molecule has 0 radical (unpaired) electrons. The zero-order valence-electron chi connectivity index (χ0n) is 17.0. The average molecular weight is 414 g/mol. The Morgan fingerprint density at radius 2 is 2.07 bits per heavy atom. The molecule has 3 heterocycles. The van der Waals surface area contributed by atoms with Crippen molar-refractivity contribution in [1.82, 2.24) is 24.5 Å². The van der Waals surface area contributed by atoms with E-state index in [1.54, 1.807) is 32.4 Å². The number of amides is 1. The van der Waals surface area contributed by atoms with Crippen LogP contribution in [0, 0.1) is 5.92 Å². The molecular weight excluding hydrogens is 382 g/mol. The second-order valence-corrected chi connectivity index (χ2v) is 10.6. The predicted octanol–water partition coefficient (Wildman–Crippen LogP) is 1.08. The summed E-state index contributed by atoms with van der Waals surface area (Å²) >= 11 is 0. The lowest BCUT2D eigenvalue weighted by molar-refractivity contribution is 0.0490. The first kappa shape index (κ1) is 21.1. The smallest absolute Gasteiger partial charge is 0.407 e. The number of piperidine rings is 1. The lowest BCUT2D eigenvalue weighted by Crippen LogP contribution is -2.50.